The fourth-order valence-electron chi connectivity index (χ4n) is 2.85. The standard InChI is InChI=1S/C21H18N6O/c1-15-13-16(7-12-20(15)27-14-22-25-26-27)21(28)24-19-10-8-18(9-11-19)23-17-5-3-2-4-6-17/h2-14,23H,1H3,(H,24,28). The molecule has 28 heavy (non-hydrogen) atoms. The third kappa shape index (κ3) is 3.88. The Bertz CT molecular complexity index is 1080. The van der Waals surface area contributed by atoms with E-state index in [1.165, 1.54) is 6.33 Å². The van der Waals surface area contributed by atoms with E-state index >= 15 is 0 Å². The maximum atomic E-state index is 12.6. The van der Waals surface area contributed by atoms with Gasteiger partial charge >= 0.3 is 0 Å². The molecule has 1 aromatic heterocycles. The average molecular weight is 370 g/mol. The first-order valence-electron chi connectivity index (χ1n) is 8.76. The molecule has 7 nitrogen and oxygen atoms in total. The van der Waals surface area contributed by atoms with Crippen molar-refractivity contribution >= 4 is 23.0 Å². The molecule has 0 aliphatic carbocycles. The maximum absolute atomic E-state index is 12.6. The van der Waals surface area contributed by atoms with Crippen LogP contribution in [0.3, 0.4) is 0 Å². The molecule has 1 heterocycles. The highest BCUT2D eigenvalue weighted by Crippen LogP contribution is 2.20. The lowest BCUT2D eigenvalue weighted by Gasteiger charge is -2.10. The van der Waals surface area contributed by atoms with Gasteiger partial charge in [0.25, 0.3) is 5.91 Å². The van der Waals surface area contributed by atoms with Gasteiger partial charge in [0.15, 0.2) is 0 Å². The van der Waals surface area contributed by atoms with Crippen molar-refractivity contribution in [1.82, 2.24) is 20.2 Å². The second-order valence-corrected chi connectivity index (χ2v) is 6.28. The van der Waals surface area contributed by atoms with E-state index in [0.717, 1.165) is 28.3 Å². The summed E-state index contributed by atoms with van der Waals surface area (Å²) < 4.78 is 1.56. The number of hydrogen-bond acceptors (Lipinski definition) is 5. The first kappa shape index (κ1) is 17.4. The molecule has 0 atom stereocenters. The summed E-state index contributed by atoms with van der Waals surface area (Å²) in [5.41, 5.74) is 5.00. The van der Waals surface area contributed by atoms with Crippen LogP contribution in [0.15, 0.2) is 79.1 Å². The van der Waals surface area contributed by atoms with Crippen molar-refractivity contribution in [2.75, 3.05) is 10.6 Å². The van der Waals surface area contributed by atoms with Gasteiger partial charge in [0.05, 0.1) is 5.69 Å². The molecule has 0 saturated carbocycles. The van der Waals surface area contributed by atoms with E-state index in [0.29, 0.717) is 5.56 Å². The van der Waals surface area contributed by atoms with Crippen LogP contribution in [0.25, 0.3) is 5.69 Å². The van der Waals surface area contributed by atoms with Crippen LogP contribution in [-0.2, 0) is 0 Å². The van der Waals surface area contributed by atoms with Crippen LogP contribution in [0.2, 0.25) is 0 Å². The Kier molecular flexibility index (Phi) is 4.79. The van der Waals surface area contributed by atoms with E-state index in [9.17, 15) is 4.79 Å². The van der Waals surface area contributed by atoms with Crippen molar-refractivity contribution in [2.24, 2.45) is 0 Å². The first-order valence-corrected chi connectivity index (χ1v) is 8.76. The number of carbonyl (C=O) groups is 1. The third-order valence-electron chi connectivity index (χ3n) is 4.26. The molecule has 0 fully saturated rings. The summed E-state index contributed by atoms with van der Waals surface area (Å²) in [6.45, 7) is 1.91. The van der Waals surface area contributed by atoms with Gasteiger partial charge < -0.3 is 10.6 Å². The predicted molar refractivity (Wildman–Crippen MR) is 108 cm³/mol. The summed E-state index contributed by atoms with van der Waals surface area (Å²) in [7, 11) is 0. The fraction of sp³-hybridized carbons (Fsp3) is 0.0476. The van der Waals surface area contributed by atoms with Gasteiger partial charge in [-0.05, 0) is 77.5 Å². The molecular weight excluding hydrogens is 352 g/mol. The fourth-order valence-corrected chi connectivity index (χ4v) is 2.85. The van der Waals surface area contributed by atoms with E-state index in [1.807, 2.05) is 73.7 Å². The summed E-state index contributed by atoms with van der Waals surface area (Å²) in [5, 5.41) is 17.4. The van der Waals surface area contributed by atoms with Crippen molar-refractivity contribution in [3.8, 4) is 5.69 Å². The molecule has 1 amide bonds. The molecule has 138 valence electrons. The van der Waals surface area contributed by atoms with Crippen LogP contribution in [-0.4, -0.2) is 26.1 Å². The molecule has 0 bridgehead atoms. The largest absolute Gasteiger partial charge is 0.356 e. The zero-order chi connectivity index (χ0) is 19.3. The molecular formula is C21H18N6O. The quantitative estimate of drug-likeness (QED) is 0.555. The number of hydrogen-bond donors (Lipinski definition) is 2. The van der Waals surface area contributed by atoms with E-state index in [1.54, 1.807) is 10.7 Å². The average Bonchev–Trinajstić information content (AvgIpc) is 3.25. The Balaban J connectivity index is 1.44. The Morgan fingerprint density at radius 2 is 1.61 bits per heavy atom. The number of aromatic nitrogens is 4. The highest BCUT2D eigenvalue weighted by atomic mass is 16.1. The van der Waals surface area contributed by atoms with Gasteiger partial charge in [-0.3, -0.25) is 4.79 Å². The van der Waals surface area contributed by atoms with Gasteiger partial charge in [0, 0.05) is 22.6 Å². The summed E-state index contributed by atoms with van der Waals surface area (Å²) in [4.78, 5) is 12.6. The summed E-state index contributed by atoms with van der Waals surface area (Å²) in [5.74, 6) is -0.171. The number of para-hydroxylation sites is 1. The first-order chi connectivity index (χ1) is 13.7. The summed E-state index contributed by atoms with van der Waals surface area (Å²) >= 11 is 0. The minimum absolute atomic E-state index is 0.171. The SMILES string of the molecule is Cc1cc(C(=O)Nc2ccc(Nc3ccccc3)cc2)ccc1-n1cnnn1. The van der Waals surface area contributed by atoms with Crippen LogP contribution < -0.4 is 10.6 Å². The van der Waals surface area contributed by atoms with E-state index in [2.05, 4.69) is 26.2 Å². The Hall–Kier alpha value is -4.00. The maximum Gasteiger partial charge on any atom is 0.255 e. The van der Waals surface area contributed by atoms with Gasteiger partial charge in [0.2, 0.25) is 0 Å². The van der Waals surface area contributed by atoms with Gasteiger partial charge in [0.1, 0.15) is 6.33 Å². The Morgan fingerprint density at radius 1 is 0.893 bits per heavy atom. The van der Waals surface area contributed by atoms with E-state index in [4.69, 9.17) is 0 Å². The number of aryl methyl sites for hydroxylation is 1. The lowest BCUT2D eigenvalue weighted by Crippen LogP contribution is -2.12. The van der Waals surface area contributed by atoms with Crippen molar-refractivity contribution in [3.05, 3.63) is 90.3 Å². The highest BCUT2D eigenvalue weighted by molar-refractivity contribution is 6.04. The minimum Gasteiger partial charge on any atom is -0.356 e. The zero-order valence-corrected chi connectivity index (χ0v) is 15.2. The van der Waals surface area contributed by atoms with Crippen molar-refractivity contribution < 1.29 is 4.79 Å². The van der Waals surface area contributed by atoms with Crippen molar-refractivity contribution in [3.63, 3.8) is 0 Å². The lowest BCUT2D eigenvalue weighted by molar-refractivity contribution is 0.102. The number of nitrogens with one attached hydrogen (secondary N) is 2. The number of tetrazole rings is 1. The monoisotopic (exact) mass is 370 g/mol. The molecule has 0 saturated heterocycles. The Labute approximate surface area is 162 Å². The molecule has 0 unspecified atom stereocenters. The van der Waals surface area contributed by atoms with Gasteiger partial charge in [-0.1, -0.05) is 18.2 Å². The van der Waals surface area contributed by atoms with Crippen LogP contribution in [0.5, 0.6) is 0 Å². The number of nitrogens with zero attached hydrogens (tertiary/aromatic N) is 4. The molecule has 0 radical (unpaired) electrons. The number of benzene rings is 3. The smallest absolute Gasteiger partial charge is 0.255 e. The molecule has 0 aliphatic rings. The molecule has 0 aliphatic heterocycles. The molecule has 3 aromatic carbocycles. The van der Waals surface area contributed by atoms with E-state index < -0.39 is 0 Å². The topological polar surface area (TPSA) is 84.7 Å². The molecule has 4 aromatic rings. The Morgan fingerprint density at radius 3 is 2.29 bits per heavy atom. The molecule has 4 rings (SSSR count). The van der Waals surface area contributed by atoms with Crippen molar-refractivity contribution in [1.29, 1.82) is 0 Å². The summed E-state index contributed by atoms with van der Waals surface area (Å²) in [6, 6.07) is 22.9. The number of anilines is 3. The normalized spacial score (nSPS) is 10.5. The van der Waals surface area contributed by atoms with Crippen LogP contribution in [0.4, 0.5) is 17.1 Å². The molecule has 0 spiro atoms. The highest BCUT2D eigenvalue weighted by Gasteiger charge is 2.10. The van der Waals surface area contributed by atoms with Gasteiger partial charge in [-0.2, -0.15) is 0 Å². The zero-order valence-electron chi connectivity index (χ0n) is 15.2. The number of carbonyl (C=O) groups excluding carboxylic acids is 1. The van der Waals surface area contributed by atoms with Crippen molar-refractivity contribution in [2.45, 2.75) is 6.92 Å². The molecule has 2 N–H and O–H groups in total. The summed E-state index contributed by atoms with van der Waals surface area (Å²) in [6.07, 6.45) is 1.52. The van der Waals surface area contributed by atoms with Crippen LogP contribution in [0.1, 0.15) is 15.9 Å². The minimum atomic E-state index is -0.171. The van der Waals surface area contributed by atoms with Crippen LogP contribution in [0, 0.1) is 6.92 Å². The predicted octanol–water partition coefficient (Wildman–Crippen LogP) is 3.97. The lowest BCUT2D eigenvalue weighted by atomic mass is 10.1. The second kappa shape index (κ2) is 7.71. The van der Waals surface area contributed by atoms with Crippen LogP contribution >= 0.6 is 0 Å². The number of amides is 1. The van der Waals surface area contributed by atoms with Gasteiger partial charge in [-0.15, -0.1) is 5.10 Å². The molecule has 7 heteroatoms. The number of rotatable bonds is 5. The third-order valence-corrected chi connectivity index (χ3v) is 4.26. The van der Waals surface area contributed by atoms with E-state index in [-0.39, 0.29) is 5.91 Å². The van der Waals surface area contributed by atoms with Gasteiger partial charge in [-0.25, -0.2) is 4.68 Å². The second-order valence-electron chi connectivity index (χ2n) is 6.28.